The van der Waals surface area contributed by atoms with Crippen LogP contribution in [0.4, 0.5) is 5.69 Å². The summed E-state index contributed by atoms with van der Waals surface area (Å²) in [5.74, 6) is 2.19. The van der Waals surface area contributed by atoms with Crippen molar-refractivity contribution in [2.24, 2.45) is 5.92 Å². The summed E-state index contributed by atoms with van der Waals surface area (Å²) in [5, 5.41) is 0. The van der Waals surface area contributed by atoms with E-state index in [-0.39, 0.29) is 11.7 Å². The zero-order valence-electron chi connectivity index (χ0n) is 14.9. The number of ketones is 1. The molecule has 0 spiro atoms. The monoisotopic (exact) mass is 338 g/mol. The molecule has 2 aromatic rings. The number of nitrogens with two attached hydrogens (primary N) is 1. The second kappa shape index (κ2) is 6.17. The molecule has 0 bridgehead atoms. The minimum absolute atomic E-state index is 0.124. The first-order valence-electron chi connectivity index (χ1n) is 8.93. The molecule has 26 heavy (non-hydrogen) atoms. The molecular weight excluding hydrogens is 317 g/mol. The van der Waals surface area contributed by atoms with Gasteiger partial charge in [0.1, 0.15) is 0 Å². The Kier molecular flexibility index (Phi) is 3.95. The first-order chi connectivity index (χ1) is 12.5. The normalized spacial score (nSPS) is 25.0. The molecule has 1 aliphatic carbocycles. The summed E-state index contributed by atoms with van der Waals surface area (Å²) in [5.41, 5.74) is 11.3. The van der Waals surface area contributed by atoms with Gasteiger partial charge in [0, 0.05) is 11.6 Å². The molecule has 2 atom stereocenters. The molecule has 4 rings (SSSR count). The number of benzene rings is 2. The van der Waals surface area contributed by atoms with E-state index >= 15 is 0 Å². The van der Waals surface area contributed by atoms with Gasteiger partial charge in [0.2, 0.25) is 0 Å². The van der Waals surface area contributed by atoms with Gasteiger partial charge in [-0.2, -0.15) is 0 Å². The molecule has 0 aromatic heterocycles. The quantitative estimate of drug-likeness (QED) is 0.515. The average Bonchev–Trinajstić information content (AvgIpc) is 3.23. The third-order valence-corrected chi connectivity index (χ3v) is 5.65. The summed E-state index contributed by atoms with van der Waals surface area (Å²) >= 11 is 0. The lowest BCUT2D eigenvalue weighted by molar-refractivity contribution is -0.123. The molecule has 1 aliphatic heterocycles. The van der Waals surface area contributed by atoms with E-state index in [0.717, 1.165) is 33.4 Å². The molecule has 2 nitrogen and oxygen atoms in total. The van der Waals surface area contributed by atoms with Gasteiger partial charge in [-0.15, -0.1) is 5.98 Å². The molecule has 0 amide bonds. The van der Waals surface area contributed by atoms with Gasteiger partial charge in [0.25, 0.3) is 0 Å². The van der Waals surface area contributed by atoms with Crippen molar-refractivity contribution in [2.75, 3.05) is 5.73 Å². The largest absolute Gasteiger partial charge is 0.399 e. The fraction of sp³-hybridized carbons (Fsp3) is 0.174. The molecule has 2 N–H and O–H groups in total. The molecule has 1 unspecified atom stereocenters. The third kappa shape index (κ3) is 2.47. The Morgan fingerprint density at radius 3 is 2.58 bits per heavy atom. The predicted octanol–water partition coefficient (Wildman–Crippen LogP) is 4.31. The van der Waals surface area contributed by atoms with Crippen LogP contribution in [0.1, 0.15) is 24.5 Å². The van der Waals surface area contributed by atoms with Crippen LogP contribution in [0.2, 0.25) is 0 Å². The van der Waals surface area contributed by atoms with E-state index in [4.69, 9.17) is 5.73 Å². The van der Waals surface area contributed by atoms with Gasteiger partial charge < -0.3 is 5.73 Å². The Labute approximate surface area is 155 Å². The number of nitrogen functional groups attached to an aromatic ring is 1. The number of Topliss-reactive ketones (excluding diaryl/α,β-unsaturated/α-hetero) is 1. The summed E-state index contributed by atoms with van der Waals surface area (Å²) in [4.78, 5) is 13.4. The van der Waals surface area contributed by atoms with Crippen LogP contribution < -0.4 is 5.73 Å². The zero-order chi connectivity index (χ0) is 18.3. The number of anilines is 1. The minimum Gasteiger partial charge on any atom is -0.399 e. The molecule has 2 aromatic carbocycles. The highest BCUT2D eigenvalue weighted by atomic mass is 16.1. The van der Waals surface area contributed by atoms with Crippen molar-refractivity contribution in [2.45, 2.75) is 18.8 Å². The summed E-state index contributed by atoms with van der Waals surface area (Å²) in [7, 11) is 2.08. The fourth-order valence-electron chi connectivity index (χ4n) is 4.12. The Morgan fingerprint density at radius 1 is 1.15 bits per heavy atom. The molecule has 127 valence electrons. The number of hydrogen-bond acceptors (Lipinski definition) is 2. The van der Waals surface area contributed by atoms with Crippen LogP contribution in [0.5, 0.6) is 0 Å². The topological polar surface area (TPSA) is 43.1 Å². The van der Waals surface area contributed by atoms with Gasteiger partial charge in [0.05, 0.1) is 5.41 Å². The van der Waals surface area contributed by atoms with E-state index in [9.17, 15) is 4.79 Å². The van der Waals surface area contributed by atoms with Gasteiger partial charge in [-0.05, 0) is 35.3 Å². The fourth-order valence-corrected chi connectivity index (χ4v) is 4.12. The molecule has 1 saturated carbocycles. The van der Waals surface area contributed by atoms with Gasteiger partial charge in [-0.1, -0.05) is 73.1 Å². The van der Waals surface area contributed by atoms with Crippen molar-refractivity contribution in [3.63, 3.8) is 0 Å². The van der Waals surface area contributed by atoms with Crippen molar-refractivity contribution >= 4 is 24.3 Å². The Morgan fingerprint density at radius 2 is 1.92 bits per heavy atom. The van der Waals surface area contributed by atoms with Gasteiger partial charge >= 0.3 is 0 Å². The molecule has 1 heterocycles. The van der Waals surface area contributed by atoms with Gasteiger partial charge in [0.15, 0.2) is 13.1 Å². The molecule has 1 fully saturated rings. The number of carbonyl (C=O) groups is 1. The van der Waals surface area contributed by atoms with Gasteiger partial charge in [-0.25, -0.2) is 0 Å². The number of carbonyl (C=O) groups excluding carboxylic acids is 1. The highest BCUT2D eigenvalue weighted by Gasteiger charge is 2.51. The average molecular weight is 338 g/mol. The summed E-state index contributed by atoms with van der Waals surface area (Å²) in [6, 6.07) is 17.9. The van der Waals surface area contributed by atoms with E-state index in [1.807, 2.05) is 49.4 Å². The number of allylic oxidation sites excluding steroid dienone is 4. The van der Waals surface area contributed by atoms with Crippen LogP contribution in [-0.2, 0) is 10.2 Å². The SMILES string of the molecule is C=C1C[C@](C2=CC(c3cccc(N)c3)=C[B]2)(c2ccccc2)C(=O)C1C. The van der Waals surface area contributed by atoms with E-state index in [1.165, 1.54) is 0 Å². The maximum absolute atomic E-state index is 13.4. The summed E-state index contributed by atoms with van der Waals surface area (Å²) < 4.78 is 0. The Balaban J connectivity index is 1.81. The van der Waals surface area contributed by atoms with E-state index in [0.29, 0.717) is 6.42 Å². The predicted molar refractivity (Wildman–Crippen MR) is 109 cm³/mol. The third-order valence-electron chi connectivity index (χ3n) is 5.65. The molecule has 3 heteroatoms. The van der Waals surface area contributed by atoms with Crippen LogP contribution in [0, 0.1) is 5.92 Å². The summed E-state index contributed by atoms with van der Waals surface area (Å²) in [6.45, 7) is 6.14. The smallest absolute Gasteiger partial charge is 0.178 e. The van der Waals surface area contributed by atoms with Gasteiger partial charge in [-0.3, -0.25) is 4.79 Å². The lowest BCUT2D eigenvalue weighted by Gasteiger charge is -2.30. The Hall–Kier alpha value is -2.81. The minimum atomic E-state index is -0.643. The van der Waals surface area contributed by atoms with E-state index < -0.39 is 5.41 Å². The van der Waals surface area contributed by atoms with Crippen molar-refractivity contribution in [1.29, 1.82) is 0 Å². The maximum atomic E-state index is 13.4. The van der Waals surface area contributed by atoms with Crippen molar-refractivity contribution in [3.05, 3.63) is 95.4 Å². The first kappa shape index (κ1) is 16.7. The highest BCUT2D eigenvalue weighted by molar-refractivity contribution is 6.57. The zero-order valence-corrected chi connectivity index (χ0v) is 14.9. The van der Waals surface area contributed by atoms with Crippen molar-refractivity contribution < 1.29 is 4.79 Å². The number of rotatable bonds is 3. The lowest BCUT2D eigenvalue weighted by Crippen LogP contribution is -2.36. The van der Waals surface area contributed by atoms with Crippen LogP contribution in [0.25, 0.3) is 5.57 Å². The number of hydrogen-bond donors (Lipinski definition) is 1. The molecule has 1 radical (unpaired) electrons. The van der Waals surface area contributed by atoms with Crippen LogP contribution in [-0.4, -0.2) is 13.1 Å². The second-order valence-corrected chi connectivity index (χ2v) is 7.21. The lowest BCUT2D eigenvalue weighted by atomic mass is 9.56. The summed E-state index contributed by atoms with van der Waals surface area (Å²) in [6.07, 6.45) is 2.79. The Bertz CT molecular complexity index is 957. The molecule has 2 aliphatic rings. The molecule has 0 saturated heterocycles. The van der Waals surface area contributed by atoms with Crippen LogP contribution in [0.15, 0.2) is 84.3 Å². The van der Waals surface area contributed by atoms with E-state index in [2.05, 4.69) is 38.0 Å². The first-order valence-corrected chi connectivity index (χ1v) is 8.93. The van der Waals surface area contributed by atoms with Crippen LogP contribution >= 0.6 is 0 Å². The van der Waals surface area contributed by atoms with Crippen molar-refractivity contribution in [3.8, 4) is 0 Å². The standard InChI is InChI=1S/C23H21BNO/c1-15-13-23(22(26)16(15)2,19-8-4-3-5-9-19)21-12-18(14-24-21)17-7-6-10-20(25)11-17/h3-12,14,16H,1,13,25H2,2H3/t16?,23-/m1/s1. The van der Waals surface area contributed by atoms with E-state index in [1.54, 1.807) is 0 Å². The van der Waals surface area contributed by atoms with Crippen LogP contribution in [0.3, 0.4) is 0 Å². The molecular formula is C23H21BNO. The second-order valence-electron chi connectivity index (χ2n) is 7.21. The highest BCUT2D eigenvalue weighted by Crippen LogP contribution is 2.49. The maximum Gasteiger partial charge on any atom is 0.178 e. The van der Waals surface area contributed by atoms with Crippen molar-refractivity contribution in [1.82, 2.24) is 0 Å².